The SMILES string of the molecule is CC1(C)O[C@@H]2O[C@H](CO)[C@@H](O[C@H]3O[C@H](COCc4ccccc4)[C@@H](OCc4ccccc4)[C@@H]3O[C@H]3O[C@H](COCc4ccccc4)[C@@H](OCc4ccccc4)[C@@H]3OCc3ccccc3)[C@@H]2O1. The van der Waals surface area contributed by atoms with E-state index in [1.54, 1.807) is 0 Å². The maximum Gasteiger partial charge on any atom is 0.190 e. The Balaban J connectivity index is 1.04. The van der Waals surface area contributed by atoms with Crippen LogP contribution in [0.2, 0.25) is 0 Å². The molecule has 0 amide bonds. The van der Waals surface area contributed by atoms with Gasteiger partial charge in [0.2, 0.25) is 0 Å². The lowest BCUT2D eigenvalue weighted by atomic mass is 10.1. The molecular weight excluding hydrogens is 845 g/mol. The standard InChI is InChI=1S/C53H60O13/c1-53(2)65-49-46(41(28-54)60-52(49)66-53)63-51-48(45(58-32-39-24-14-6-15-25-39)43(62-51)35-56-30-37-20-10-4-11-21-37)64-50-47(59-33-40-26-16-7-17-27-40)44(57-31-38-22-12-5-13-23-38)42(61-50)34-55-29-36-18-8-3-9-19-36/h3-27,41-52,54H,28-35H2,1-2H3/t41-,42-,43-,44-,45-,46-,47+,48+,49+,50-,51-,52+/m1/s1. The van der Waals surface area contributed by atoms with Crippen molar-refractivity contribution >= 4 is 0 Å². The summed E-state index contributed by atoms with van der Waals surface area (Å²) in [7, 11) is 0. The summed E-state index contributed by atoms with van der Waals surface area (Å²) in [6.07, 6.45) is -9.42. The van der Waals surface area contributed by atoms with Gasteiger partial charge in [0.15, 0.2) is 24.7 Å². The van der Waals surface area contributed by atoms with Crippen LogP contribution in [-0.2, 0) is 89.9 Å². The second-order valence-corrected chi connectivity index (χ2v) is 17.4. The maximum atomic E-state index is 10.6. The molecule has 0 aliphatic carbocycles. The fourth-order valence-electron chi connectivity index (χ4n) is 8.80. The number of fused-ring (bicyclic) bond motifs is 1. The van der Waals surface area contributed by atoms with Gasteiger partial charge < -0.3 is 61.9 Å². The van der Waals surface area contributed by atoms with Gasteiger partial charge in [-0.25, -0.2) is 0 Å². The summed E-state index contributed by atoms with van der Waals surface area (Å²) in [5.41, 5.74) is 4.97. The maximum absolute atomic E-state index is 10.6. The van der Waals surface area contributed by atoms with Crippen molar-refractivity contribution in [2.45, 2.75) is 126 Å². The monoisotopic (exact) mass is 904 g/mol. The third kappa shape index (κ3) is 12.0. The van der Waals surface area contributed by atoms with Gasteiger partial charge in [0.1, 0.15) is 54.9 Å². The summed E-state index contributed by atoms with van der Waals surface area (Å²) >= 11 is 0. The number of aliphatic hydroxyl groups excluding tert-OH is 1. The summed E-state index contributed by atoms with van der Waals surface area (Å²) in [6, 6.07) is 49.8. The Morgan fingerprint density at radius 3 is 1.24 bits per heavy atom. The molecule has 13 heteroatoms. The first-order valence-corrected chi connectivity index (χ1v) is 22.8. The third-order valence-corrected chi connectivity index (χ3v) is 12.0. The molecule has 9 rings (SSSR count). The zero-order valence-electron chi connectivity index (χ0n) is 37.4. The Morgan fingerprint density at radius 1 is 0.424 bits per heavy atom. The molecule has 5 aromatic carbocycles. The van der Waals surface area contributed by atoms with Crippen molar-refractivity contribution in [3.63, 3.8) is 0 Å². The molecule has 1 N–H and O–H groups in total. The number of rotatable bonds is 22. The molecule has 0 saturated carbocycles. The lowest BCUT2D eigenvalue weighted by Gasteiger charge is -2.32. The minimum absolute atomic E-state index is 0.148. The van der Waals surface area contributed by atoms with Gasteiger partial charge in [-0.15, -0.1) is 0 Å². The summed E-state index contributed by atoms with van der Waals surface area (Å²) in [6.45, 7) is 5.16. The van der Waals surface area contributed by atoms with Gasteiger partial charge in [-0.2, -0.15) is 0 Å². The van der Waals surface area contributed by atoms with Crippen molar-refractivity contribution in [3.05, 3.63) is 179 Å². The molecule has 5 aromatic rings. The molecule has 0 unspecified atom stereocenters. The van der Waals surface area contributed by atoms with Gasteiger partial charge in [-0.05, 0) is 41.7 Å². The van der Waals surface area contributed by atoms with E-state index in [2.05, 4.69) is 0 Å². The van der Waals surface area contributed by atoms with Crippen molar-refractivity contribution in [2.75, 3.05) is 19.8 Å². The Kier molecular flexibility index (Phi) is 16.0. The Labute approximate surface area is 386 Å². The molecule has 4 saturated heterocycles. The average Bonchev–Trinajstić information content (AvgIpc) is 4.05. The van der Waals surface area contributed by atoms with Gasteiger partial charge in [0.05, 0.1) is 52.9 Å². The highest BCUT2D eigenvalue weighted by molar-refractivity contribution is 5.17. The molecule has 350 valence electrons. The van der Waals surface area contributed by atoms with Gasteiger partial charge in [0, 0.05) is 0 Å². The minimum atomic E-state index is -1.08. The van der Waals surface area contributed by atoms with E-state index in [0.717, 1.165) is 27.8 Å². The Morgan fingerprint density at radius 2 is 0.803 bits per heavy atom. The molecular formula is C53H60O13. The molecule has 4 aliphatic heterocycles. The molecule has 0 spiro atoms. The van der Waals surface area contributed by atoms with Crippen molar-refractivity contribution < 1.29 is 61.9 Å². The van der Waals surface area contributed by atoms with Crippen molar-refractivity contribution in [3.8, 4) is 0 Å². The van der Waals surface area contributed by atoms with Gasteiger partial charge >= 0.3 is 0 Å². The van der Waals surface area contributed by atoms with Crippen LogP contribution in [0.5, 0.6) is 0 Å². The number of hydrogen-bond donors (Lipinski definition) is 1. The molecule has 4 heterocycles. The lowest BCUT2D eigenvalue weighted by Crippen LogP contribution is -2.48. The number of benzene rings is 5. The first kappa shape index (κ1) is 46.7. The smallest absolute Gasteiger partial charge is 0.190 e. The summed E-state index contributed by atoms with van der Waals surface area (Å²) < 4.78 is 79.5. The highest BCUT2D eigenvalue weighted by Crippen LogP contribution is 2.42. The van der Waals surface area contributed by atoms with Crippen LogP contribution in [0.15, 0.2) is 152 Å². The molecule has 0 aromatic heterocycles. The normalized spacial score (nSPS) is 30.2. The van der Waals surface area contributed by atoms with Gasteiger partial charge in [0.25, 0.3) is 0 Å². The van der Waals surface area contributed by atoms with Crippen LogP contribution in [-0.4, -0.2) is 105 Å². The van der Waals surface area contributed by atoms with Gasteiger partial charge in [-0.3, -0.25) is 0 Å². The minimum Gasteiger partial charge on any atom is -0.394 e. The lowest BCUT2D eigenvalue weighted by molar-refractivity contribution is -0.278. The van der Waals surface area contributed by atoms with Crippen molar-refractivity contribution in [1.29, 1.82) is 0 Å². The molecule has 0 bridgehead atoms. The van der Waals surface area contributed by atoms with E-state index < -0.39 is 79.6 Å². The first-order chi connectivity index (χ1) is 32.4. The number of hydrogen-bond acceptors (Lipinski definition) is 13. The number of ether oxygens (including phenoxy) is 12. The summed E-state index contributed by atoms with van der Waals surface area (Å²) in [5.74, 6) is -0.938. The molecule has 66 heavy (non-hydrogen) atoms. The fraction of sp³-hybridized carbons (Fsp3) is 0.434. The van der Waals surface area contributed by atoms with Crippen LogP contribution < -0.4 is 0 Å². The molecule has 4 aliphatic rings. The Bertz CT molecular complexity index is 2170. The molecule has 12 atom stereocenters. The van der Waals surface area contributed by atoms with Crippen LogP contribution in [0, 0.1) is 0 Å². The highest BCUT2D eigenvalue weighted by atomic mass is 16.9. The largest absolute Gasteiger partial charge is 0.394 e. The first-order valence-electron chi connectivity index (χ1n) is 22.8. The van der Waals surface area contributed by atoms with E-state index in [4.69, 9.17) is 56.8 Å². The quantitative estimate of drug-likeness (QED) is 0.0749. The Hall–Kier alpha value is -4.42. The van der Waals surface area contributed by atoms with Gasteiger partial charge in [-0.1, -0.05) is 152 Å². The van der Waals surface area contributed by atoms with Crippen LogP contribution in [0.3, 0.4) is 0 Å². The van der Waals surface area contributed by atoms with E-state index in [1.165, 1.54) is 0 Å². The van der Waals surface area contributed by atoms with E-state index in [0.29, 0.717) is 19.8 Å². The predicted molar refractivity (Wildman–Crippen MR) is 240 cm³/mol. The van der Waals surface area contributed by atoms with Crippen LogP contribution in [0.4, 0.5) is 0 Å². The molecule has 13 nitrogen and oxygen atoms in total. The zero-order valence-corrected chi connectivity index (χ0v) is 37.4. The summed E-state index contributed by atoms with van der Waals surface area (Å²) in [4.78, 5) is 0. The molecule has 4 fully saturated rings. The van der Waals surface area contributed by atoms with E-state index in [1.807, 2.05) is 166 Å². The third-order valence-electron chi connectivity index (χ3n) is 12.0. The van der Waals surface area contributed by atoms with E-state index in [9.17, 15) is 5.11 Å². The fourth-order valence-corrected chi connectivity index (χ4v) is 8.80. The second kappa shape index (κ2) is 22.6. The molecule has 0 radical (unpaired) electrons. The van der Waals surface area contributed by atoms with Crippen LogP contribution in [0.25, 0.3) is 0 Å². The van der Waals surface area contributed by atoms with Crippen molar-refractivity contribution in [1.82, 2.24) is 0 Å². The number of aliphatic hydroxyl groups is 1. The van der Waals surface area contributed by atoms with Crippen LogP contribution >= 0.6 is 0 Å². The second-order valence-electron chi connectivity index (χ2n) is 17.4. The zero-order chi connectivity index (χ0) is 45.1. The summed E-state index contributed by atoms with van der Waals surface area (Å²) in [5, 5.41) is 10.6. The van der Waals surface area contributed by atoms with E-state index in [-0.39, 0.29) is 33.0 Å². The van der Waals surface area contributed by atoms with Crippen molar-refractivity contribution in [2.24, 2.45) is 0 Å². The average molecular weight is 905 g/mol. The predicted octanol–water partition coefficient (Wildman–Crippen LogP) is 7.27. The highest BCUT2D eigenvalue weighted by Gasteiger charge is 2.59. The van der Waals surface area contributed by atoms with E-state index >= 15 is 0 Å². The topological polar surface area (TPSA) is 131 Å². The van der Waals surface area contributed by atoms with Crippen LogP contribution in [0.1, 0.15) is 41.7 Å².